The smallest absolute Gasteiger partial charge is 0.244 e. The summed E-state index contributed by atoms with van der Waals surface area (Å²) in [5.41, 5.74) is 0.968. The van der Waals surface area contributed by atoms with Gasteiger partial charge in [0.25, 0.3) is 0 Å². The van der Waals surface area contributed by atoms with Gasteiger partial charge in [-0.1, -0.05) is 50.5 Å². The molecular weight excluding hydrogens is 549 g/mol. The van der Waals surface area contributed by atoms with Crippen molar-refractivity contribution in [2.45, 2.75) is 64.1 Å². The predicted octanol–water partition coefficient (Wildman–Crippen LogP) is 4.61. The van der Waals surface area contributed by atoms with Crippen molar-refractivity contribution in [2.24, 2.45) is 0 Å². The van der Waals surface area contributed by atoms with Crippen molar-refractivity contribution in [1.29, 1.82) is 0 Å². The number of carbonyl (C=O) groups excluding carboxylic acids is 2. The Balaban J connectivity index is 1.91. The summed E-state index contributed by atoms with van der Waals surface area (Å²) >= 11 is 3.37. The van der Waals surface area contributed by atoms with Crippen molar-refractivity contribution >= 4 is 43.5 Å². The monoisotopic (exact) mass is 581 g/mol. The highest BCUT2D eigenvalue weighted by molar-refractivity contribution is 9.10. The molecule has 1 unspecified atom stereocenters. The lowest BCUT2D eigenvalue weighted by atomic mass is 9.95. The molecule has 0 saturated heterocycles. The van der Waals surface area contributed by atoms with Crippen LogP contribution in [0, 0.1) is 5.82 Å². The Labute approximate surface area is 221 Å². The average molecular weight is 583 g/mol. The number of hydrogen-bond acceptors (Lipinski definition) is 4. The second kappa shape index (κ2) is 12.7. The topological polar surface area (TPSA) is 86.8 Å². The van der Waals surface area contributed by atoms with Crippen LogP contribution in [0.25, 0.3) is 0 Å². The molecule has 10 heteroatoms. The van der Waals surface area contributed by atoms with Crippen LogP contribution in [-0.2, 0) is 26.2 Å². The summed E-state index contributed by atoms with van der Waals surface area (Å²) in [6.45, 7) is 1.39. The molecular formula is C26H33BrFN3O4S. The molecule has 1 aliphatic rings. The van der Waals surface area contributed by atoms with Crippen molar-refractivity contribution in [3.8, 4) is 0 Å². The lowest BCUT2D eigenvalue weighted by Gasteiger charge is -2.34. The standard InChI is InChI=1S/C26H33BrFN3O4S/c1-3-23(26(33)29-21-9-5-4-6-10-21)30(17-19-13-15-20(28)16-14-19)25(32)18-31(36(2,34)35)24-12-8-7-11-22(24)27/h7-8,11-16,21,23H,3-6,9-10,17-18H2,1-2H3,(H,29,33). The molecule has 2 aromatic rings. The van der Waals surface area contributed by atoms with E-state index >= 15 is 0 Å². The summed E-state index contributed by atoms with van der Waals surface area (Å²) in [5.74, 6) is -1.19. The highest BCUT2D eigenvalue weighted by Gasteiger charge is 2.33. The van der Waals surface area contributed by atoms with Crippen LogP contribution in [0.15, 0.2) is 53.0 Å². The number of benzene rings is 2. The van der Waals surface area contributed by atoms with E-state index in [2.05, 4.69) is 21.2 Å². The van der Waals surface area contributed by atoms with Crippen molar-refractivity contribution in [1.82, 2.24) is 10.2 Å². The Bertz CT molecular complexity index is 1150. The van der Waals surface area contributed by atoms with Crippen molar-refractivity contribution < 1.29 is 22.4 Å². The van der Waals surface area contributed by atoms with Gasteiger partial charge in [0.05, 0.1) is 11.9 Å². The zero-order chi connectivity index (χ0) is 26.3. The van der Waals surface area contributed by atoms with Crippen LogP contribution >= 0.6 is 15.9 Å². The zero-order valence-electron chi connectivity index (χ0n) is 20.6. The van der Waals surface area contributed by atoms with E-state index in [1.807, 2.05) is 6.92 Å². The number of halogens is 2. The van der Waals surface area contributed by atoms with Crippen molar-refractivity contribution in [3.63, 3.8) is 0 Å². The highest BCUT2D eigenvalue weighted by Crippen LogP contribution is 2.28. The second-order valence-corrected chi connectivity index (χ2v) is 11.9. The fourth-order valence-corrected chi connectivity index (χ4v) is 5.98. The number of nitrogens with one attached hydrogen (secondary N) is 1. The molecule has 1 N–H and O–H groups in total. The molecule has 1 aliphatic carbocycles. The maximum Gasteiger partial charge on any atom is 0.244 e. The van der Waals surface area contributed by atoms with Crippen LogP contribution in [-0.4, -0.2) is 50.0 Å². The first-order chi connectivity index (χ1) is 17.1. The maximum absolute atomic E-state index is 13.7. The molecule has 0 aromatic heterocycles. The number of sulfonamides is 1. The molecule has 36 heavy (non-hydrogen) atoms. The van der Waals surface area contributed by atoms with Gasteiger partial charge < -0.3 is 10.2 Å². The molecule has 1 saturated carbocycles. The lowest BCUT2D eigenvalue weighted by molar-refractivity contribution is -0.140. The van der Waals surface area contributed by atoms with Crippen molar-refractivity contribution in [3.05, 3.63) is 64.4 Å². The molecule has 0 spiro atoms. The van der Waals surface area contributed by atoms with E-state index in [4.69, 9.17) is 0 Å². The van der Waals surface area contributed by atoms with Gasteiger partial charge in [0.2, 0.25) is 21.8 Å². The van der Waals surface area contributed by atoms with Gasteiger partial charge in [-0.05, 0) is 65.0 Å². The Kier molecular flexibility index (Phi) is 9.90. The van der Waals surface area contributed by atoms with Gasteiger partial charge in [0, 0.05) is 17.1 Å². The molecule has 2 amide bonds. The molecule has 0 aliphatic heterocycles. The highest BCUT2D eigenvalue weighted by atomic mass is 79.9. The molecule has 0 bridgehead atoms. The number of anilines is 1. The van der Waals surface area contributed by atoms with Crippen LogP contribution in [0.2, 0.25) is 0 Å². The molecule has 196 valence electrons. The minimum Gasteiger partial charge on any atom is -0.352 e. The summed E-state index contributed by atoms with van der Waals surface area (Å²) < 4.78 is 40.4. The first kappa shape index (κ1) is 28.1. The molecule has 7 nitrogen and oxygen atoms in total. The molecule has 2 aromatic carbocycles. The largest absolute Gasteiger partial charge is 0.352 e. The van der Waals surface area contributed by atoms with Gasteiger partial charge >= 0.3 is 0 Å². The normalized spacial score (nSPS) is 15.2. The minimum atomic E-state index is -3.82. The summed E-state index contributed by atoms with van der Waals surface area (Å²) in [4.78, 5) is 28.4. The predicted molar refractivity (Wildman–Crippen MR) is 142 cm³/mol. The van der Waals surface area contributed by atoms with Crippen LogP contribution < -0.4 is 9.62 Å². The second-order valence-electron chi connectivity index (χ2n) is 9.14. The minimum absolute atomic E-state index is 0.0449. The number of hydrogen-bond donors (Lipinski definition) is 1. The summed E-state index contributed by atoms with van der Waals surface area (Å²) in [6, 6.07) is 11.7. The maximum atomic E-state index is 13.7. The zero-order valence-corrected chi connectivity index (χ0v) is 23.0. The van der Waals surface area contributed by atoms with E-state index in [0.29, 0.717) is 22.1 Å². The van der Waals surface area contributed by atoms with Gasteiger partial charge in [0.1, 0.15) is 18.4 Å². The van der Waals surface area contributed by atoms with Crippen LogP contribution in [0.1, 0.15) is 51.0 Å². The summed E-state index contributed by atoms with van der Waals surface area (Å²) in [5, 5.41) is 3.09. The fraction of sp³-hybridized carbons (Fsp3) is 0.462. The van der Waals surface area contributed by atoms with Crippen molar-refractivity contribution in [2.75, 3.05) is 17.1 Å². The number of para-hydroxylation sites is 1. The number of amides is 2. The van der Waals surface area contributed by atoms with E-state index < -0.39 is 34.3 Å². The number of nitrogens with zero attached hydrogens (tertiary/aromatic N) is 2. The van der Waals surface area contributed by atoms with Gasteiger partial charge in [0.15, 0.2) is 0 Å². The average Bonchev–Trinajstić information content (AvgIpc) is 2.84. The first-order valence-electron chi connectivity index (χ1n) is 12.2. The number of carbonyl (C=O) groups is 2. The Morgan fingerprint density at radius 2 is 1.72 bits per heavy atom. The van der Waals surface area contributed by atoms with Crippen LogP contribution in [0.4, 0.5) is 10.1 Å². The van der Waals surface area contributed by atoms with E-state index in [1.54, 1.807) is 36.4 Å². The molecule has 1 atom stereocenters. The van der Waals surface area contributed by atoms with E-state index in [1.165, 1.54) is 17.0 Å². The summed E-state index contributed by atoms with van der Waals surface area (Å²) in [6.07, 6.45) is 6.44. The summed E-state index contributed by atoms with van der Waals surface area (Å²) in [7, 11) is -3.82. The Morgan fingerprint density at radius 3 is 2.31 bits per heavy atom. The van der Waals surface area contributed by atoms with E-state index in [-0.39, 0.29) is 18.5 Å². The van der Waals surface area contributed by atoms with Gasteiger partial charge in [-0.25, -0.2) is 12.8 Å². The fourth-order valence-electron chi connectivity index (χ4n) is 4.50. The van der Waals surface area contributed by atoms with Gasteiger partial charge in [-0.2, -0.15) is 0 Å². The lowest BCUT2D eigenvalue weighted by Crippen LogP contribution is -2.54. The third-order valence-corrected chi connectivity index (χ3v) is 8.20. The van der Waals surface area contributed by atoms with E-state index in [9.17, 15) is 22.4 Å². The van der Waals surface area contributed by atoms with Gasteiger partial charge in [-0.3, -0.25) is 13.9 Å². The molecule has 3 rings (SSSR count). The van der Waals surface area contributed by atoms with Gasteiger partial charge in [-0.15, -0.1) is 0 Å². The first-order valence-corrected chi connectivity index (χ1v) is 14.8. The quantitative estimate of drug-likeness (QED) is 0.444. The Morgan fingerprint density at radius 1 is 1.08 bits per heavy atom. The molecule has 0 heterocycles. The SMILES string of the molecule is CCC(C(=O)NC1CCCCC1)N(Cc1ccc(F)cc1)C(=O)CN(c1ccccc1Br)S(C)(=O)=O. The third kappa shape index (κ3) is 7.52. The van der Waals surface area contributed by atoms with Crippen LogP contribution in [0.3, 0.4) is 0 Å². The van der Waals surface area contributed by atoms with Crippen LogP contribution in [0.5, 0.6) is 0 Å². The molecule has 0 radical (unpaired) electrons. The van der Waals surface area contributed by atoms with E-state index in [0.717, 1.165) is 42.7 Å². The number of rotatable bonds is 10. The third-order valence-electron chi connectivity index (χ3n) is 6.40. The molecule has 1 fully saturated rings. The Hall–Kier alpha value is -2.46.